The van der Waals surface area contributed by atoms with Gasteiger partial charge >= 0.3 is 0 Å². The van der Waals surface area contributed by atoms with Crippen molar-refractivity contribution in [3.8, 4) is 11.1 Å². The van der Waals surface area contributed by atoms with E-state index in [2.05, 4.69) is 10.6 Å². The van der Waals surface area contributed by atoms with Gasteiger partial charge in [0.05, 0.1) is 10.9 Å². The lowest BCUT2D eigenvalue weighted by Gasteiger charge is -2.29. The molecule has 0 saturated carbocycles. The van der Waals surface area contributed by atoms with Crippen LogP contribution in [0.15, 0.2) is 83.8 Å². The number of halogens is 1. The van der Waals surface area contributed by atoms with Gasteiger partial charge in [-0.15, -0.1) is 11.8 Å². The highest BCUT2D eigenvalue weighted by Gasteiger charge is 2.54. The minimum absolute atomic E-state index is 0.0728. The number of hydrogen-bond acceptors (Lipinski definition) is 5. The smallest absolute Gasteiger partial charge is 0.267 e. The van der Waals surface area contributed by atoms with Crippen LogP contribution in [0.1, 0.15) is 18.5 Å². The Labute approximate surface area is 191 Å². The molecule has 1 amide bonds. The summed E-state index contributed by atoms with van der Waals surface area (Å²) in [6, 6.07) is 21.5. The Bertz CT molecular complexity index is 1190. The van der Waals surface area contributed by atoms with E-state index in [0.29, 0.717) is 17.9 Å². The minimum atomic E-state index is -4.05. The lowest BCUT2D eigenvalue weighted by Crippen LogP contribution is -2.57. The number of nitrogens with one attached hydrogen (secondary N) is 2. The molecule has 166 valence electrons. The van der Waals surface area contributed by atoms with E-state index in [-0.39, 0.29) is 10.7 Å². The maximum absolute atomic E-state index is 13.6. The number of amides is 1. The third kappa shape index (κ3) is 4.18. The summed E-state index contributed by atoms with van der Waals surface area (Å²) in [5.74, 6) is -0.526. The van der Waals surface area contributed by atoms with E-state index in [0.717, 1.165) is 22.9 Å². The predicted molar refractivity (Wildman–Crippen MR) is 125 cm³/mol. The number of carbonyl (C=O) groups is 1. The largest absolute Gasteiger partial charge is 0.346 e. The Hall–Kier alpha value is -2.68. The highest BCUT2D eigenvalue weighted by Crippen LogP contribution is 2.38. The molecule has 1 saturated heterocycles. The molecule has 3 aromatic rings. The lowest BCUT2D eigenvalue weighted by atomic mass is 10.1. The molecule has 4 rings (SSSR count). The zero-order chi connectivity index (χ0) is 22.8. The second-order valence-electron chi connectivity index (χ2n) is 7.53. The molecule has 0 aliphatic carbocycles. The van der Waals surface area contributed by atoms with Crippen molar-refractivity contribution >= 4 is 27.5 Å². The van der Waals surface area contributed by atoms with Gasteiger partial charge in [0.2, 0.25) is 9.84 Å². The highest BCUT2D eigenvalue weighted by atomic mass is 32.3. The zero-order valence-corrected chi connectivity index (χ0v) is 19.0. The van der Waals surface area contributed by atoms with E-state index in [1.165, 1.54) is 24.3 Å². The van der Waals surface area contributed by atoms with E-state index < -0.39 is 26.0 Å². The van der Waals surface area contributed by atoms with Gasteiger partial charge in [0, 0.05) is 12.3 Å². The molecular weight excluding hydrogens is 447 g/mol. The molecule has 2 N–H and O–H groups in total. The maximum atomic E-state index is 13.6. The molecule has 2 atom stereocenters. The second kappa shape index (κ2) is 9.05. The molecule has 1 aliphatic heterocycles. The molecule has 3 aromatic carbocycles. The van der Waals surface area contributed by atoms with Gasteiger partial charge in [-0.25, -0.2) is 12.8 Å². The molecule has 0 radical (unpaired) electrons. The molecule has 32 heavy (non-hydrogen) atoms. The monoisotopic (exact) mass is 470 g/mol. The van der Waals surface area contributed by atoms with Gasteiger partial charge < -0.3 is 5.32 Å². The van der Waals surface area contributed by atoms with E-state index in [9.17, 15) is 17.6 Å². The molecule has 0 aromatic heterocycles. The van der Waals surface area contributed by atoms with E-state index in [1.807, 2.05) is 30.3 Å². The maximum Gasteiger partial charge on any atom is 0.267 e. The predicted octanol–water partition coefficient (Wildman–Crippen LogP) is 4.13. The number of thioether (sulfide) groups is 1. The Morgan fingerprint density at radius 1 is 1.00 bits per heavy atom. The van der Waals surface area contributed by atoms with Crippen molar-refractivity contribution in [1.82, 2.24) is 10.6 Å². The average Bonchev–Trinajstić information content (AvgIpc) is 3.32. The molecule has 8 heteroatoms. The summed E-state index contributed by atoms with van der Waals surface area (Å²) in [5.41, 5.74) is 2.55. The summed E-state index contributed by atoms with van der Waals surface area (Å²) >= 11 is 1.07. The van der Waals surface area contributed by atoms with E-state index >= 15 is 0 Å². The number of hydrogen-bond donors (Lipinski definition) is 2. The third-order valence-corrected chi connectivity index (χ3v) is 9.57. The summed E-state index contributed by atoms with van der Waals surface area (Å²) in [7, 11) is -4.05. The molecule has 1 aliphatic rings. The van der Waals surface area contributed by atoms with Crippen molar-refractivity contribution < 1.29 is 17.6 Å². The number of sulfone groups is 1. The van der Waals surface area contributed by atoms with Crippen LogP contribution < -0.4 is 10.6 Å². The van der Waals surface area contributed by atoms with Gasteiger partial charge in [0.1, 0.15) is 5.82 Å². The van der Waals surface area contributed by atoms with Gasteiger partial charge in [-0.05, 0) is 47.9 Å². The minimum Gasteiger partial charge on any atom is -0.346 e. The third-order valence-electron chi connectivity index (χ3n) is 5.43. The quantitative estimate of drug-likeness (QED) is 0.567. The zero-order valence-electron chi connectivity index (χ0n) is 17.4. The van der Waals surface area contributed by atoms with Gasteiger partial charge in [-0.1, -0.05) is 54.6 Å². The van der Waals surface area contributed by atoms with Crippen LogP contribution in [-0.2, 0) is 14.6 Å². The van der Waals surface area contributed by atoms with Crippen LogP contribution in [0.25, 0.3) is 11.1 Å². The van der Waals surface area contributed by atoms with Crippen molar-refractivity contribution in [2.75, 3.05) is 12.3 Å². The molecular formula is C24H23FN2O3S2. The lowest BCUT2D eigenvalue weighted by molar-refractivity contribution is -0.122. The van der Waals surface area contributed by atoms with Crippen LogP contribution in [-0.4, -0.2) is 30.8 Å². The van der Waals surface area contributed by atoms with E-state index in [4.69, 9.17) is 0 Å². The van der Waals surface area contributed by atoms with Crippen molar-refractivity contribution in [2.24, 2.45) is 0 Å². The van der Waals surface area contributed by atoms with Crippen molar-refractivity contribution in [3.63, 3.8) is 0 Å². The SMILES string of the molecule is CC(NC(=O)C1(S(=O)(=O)c2ccc(-c3ccccc3)cc2)NCCS1)c1ccc(F)cc1. The molecule has 5 nitrogen and oxygen atoms in total. The van der Waals surface area contributed by atoms with Gasteiger partial charge in [-0.2, -0.15) is 0 Å². The van der Waals surface area contributed by atoms with Gasteiger partial charge in [-0.3, -0.25) is 10.1 Å². The average molecular weight is 471 g/mol. The molecule has 2 unspecified atom stereocenters. The summed E-state index contributed by atoms with van der Waals surface area (Å²) in [5, 5.41) is 5.71. The van der Waals surface area contributed by atoms with Crippen molar-refractivity contribution in [2.45, 2.75) is 22.1 Å². The topological polar surface area (TPSA) is 75.3 Å². The fourth-order valence-electron chi connectivity index (χ4n) is 3.65. The Morgan fingerprint density at radius 2 is 1.62 bits per heavy atom. The number of benzene rings is 3. The number of carbonyl (C=O) groups excluding carboxylic acids is 1. The Morgan fingerprint density at radius 3 is 2.22 bits per heavy atom. The first-order valence-corrected chi connectivity index (χ1v) is 12.7. The fraction of sp³-hybridized carbons (Fsp3) is 0.208. The van der Waals surface area contributed by atoms with Crippen LogP contribution in [0.2, 0.25) is 0 Å². The van der Waals surface area contributed by atoms with Crippen molar-refractivity contribution in [3.05, 3.63) is 90.2 Å². The van der Waals surface area contributed by atoms with Crippen LogP contribution >= 0.6 is 11.8 Å². The van der Waals surface area contributed by atoms with Crippen LogP contribution in [0.3, 0.4) is 0 Å². The number of rotatable bonds is 6. The molecule has 0 bridgehead atoms. The molecule has 1 heterocycles. The van der Waals surface area contributed by atoms with Crippen LogP contribution in [0.4, 0.5) is 4.39 Å². The van der Waals surface area contributed by atoms with Crippen LogP contribution in [0, 0.1) is 5.82 Å². The normalized spacial score (nSPS) is 19.4. The first-order chi connectivity index (χ1) is 15.3. The summed E-state index contributed by atoms with van der Waals surface area (Å²) in [4.78, 5) is 13.4. The fourth-order valence-corrected chi connectivity index (χ4v) is 7.12. The first-order valence-electron chi connectivity index (χ1n) is 10.2. The Kier molecular flexibility index (Phi) is 6.37. The van der Waals surface area contributed by atoms with Gasteiger partial charge in [0.15, 0.2) is 0 Å². The summed E-state index contributed by atoms with van der Waals surface area (Å²) < 4.78 is 38.6. The molecule has 1 fully saturated rings. The van der Waals surface area contributed by atoms with E-state index in [1.54, 1.807) is 31.2 Å². The summed E-state index contributed by atoms with van der Waals surface area (Å²) in [6.45, 7) is 2.13. The first kappa shape index (κ1) is 22.5. The second-order valence-corrected chi connectivity index (χ2v) is 11.2. The highest BCUT2D eigenvalue weighted by molar-refractivity contribution is 8.16. The molecule has 0 spiro atoms. The standard InChI is InChI=1S/C24H23FN2O3S2/c1-17(18-7-11-21(25)12-8-18)27-23(28)24(26-15-16-31-24)32(29,30)22-13-9-20(10-14-22)19-5-3-2-4-6-19/h2-14,17,26H,15-16H2,1H3,(H,27,28). The van der Waals surface area contributed by atoms with Crippen molar-refractivity contribution in [1.29, 1.82) is 0 Å². The van der Waals surface area contributed by atoms with Crippen LogP contribution in [0.5, 0.6) is 0 Å². The van der Waals surface area contributed by atoms with Gasteiger partial charge in [0.25, 0.3) is 10.1 Å². The summed E-state index contributed by atoms with van der Waals surface area (Å²) in [6.07, 6.45) is 0. The Balaban J connectivity index is 1.61.